The third-order valence-electron chi connectivity index (χ3n) is 6.44. The van der Waals surface area contributed by atoms with Gasteiger partial charge in [-0.2, -0.15) is 14.6 Å². The van der Waals surface area contributed by atoms with Gasteiger partial charge in [-0.25, -0.2) is 9.67 Å². The molecule has 0 radical (unpaired) electrons. The first-order valence-electron chi connectivity index (χ1n) is 12.1. The Balaban J connectivity index is 1.20. The predicted octanol–water partition coefficient (Wildman–Crippen LogP) is 3.95. The van der Waals surface area contributed by atoms with Crippen LogP contribution in [-0.2, 0) is 6.42 Å². The summed E-state index contributed by atoms with van der Waals surface area (Å²) in [5.74, 6) is 1.25. The summed E-state index contributed by atoms with van der Waals surface area (Å²) in [5, 5.41) is 11.4. The van der Waals surface area contributed by atoms with Crippen LogP contribution in [0, 0.1) is 0 Å². The number of amides is 1. The molecular weight excluding hydrogens is 472 g/mol. The quantitative estimate of drug-likeness (QED) is 0.352. The maximum Gasteiger partial charge on any atom is 0.257 e. The largest absolute Gasteiger partial charge is 0.336 e. The number of nitrogens with zero attached hydrogens (tertiary/aromatic N) is 8. The number of thiophene rings is 1. The molecule has 0 atom stereocenters. The Bertz CT molecular complexity index is 1480. The second kappa shape index (κ2) is 9.54. The van der Waals surface area contributed by atoms with Gasteiger partial charge in [0, 0.05) is 32.4 Å². The number of benzene rings is 1. The van der Waals surface area contributed by atoms with Gasteiger partial charge >= 0.3 is 0 Å². The van der Waals surface area contributed by atoms with E-state index in [0.717, 1.165) is 34.8 Å². The predicted molar refractivity (Wildman–Crippen MR) is 140 cm³/mol. The lowest BCUT2D eigenvalue weighted by Gasteiger charge is -2.34. The highest BCUT2D eigenvalue weighted by Gasteiger charge is 2.28. The van der Waals surface area contributed by atoms with Gasteiger partial charge in [0.25, 0.3) is 11.7 Å². The Morgan fingerprint density at radius 2 is 1.86 bits per heavy atom. The lowest BCUT2D eigenvalue weighted by Crippen LogP contribution is -2.49. The normalized spacial score (nSPS) is 14.0. The first-order chi connectivity index (χ1) is 17.7. The Morgan fingerprint density at radius 1 is 1.03 bits per heavy atom. The Kier molecular flexibility index (Phi) is 5.94. The van der Waals surface area contributed by atoms with E-state index in [9.17, 15) is 4.79 Å². The van der Waals surface area contributed by atoms with Gasteiger partial charge in [0.05, 0.1) is 33.7 Å². The van der Waals surface area contributed by atoms with Gasteiger partial charge in [-0.1, -0.05) is 37.6 Å². The molecule has 0 bridgehead atoms. The van der Waals surface area contributed by atoms with E-state index < -0.39 is 0 Å². The molecule has 4 aromatic heterocycles. The number of carbonyl (C=O) groups is 1. The summed E-state index contributed by atoms with van der Waals surface area (Å²) in [6.45, 7) is 4.64. The van der Waals surface area contributed by atoms with E-state index in [2.05, 4.69) is 33.0 Å². The van der Waals surface area contributed by atoms with Gasteiger partial charge in [-0.05, 0) is 36.1 Å². The average Bonchev–Trinajstić information content (AvgIpc) is 3.69. The van der Waals surface area contributed by atoms with E-state index in [1.54, 1.807) is 28.2 Å². The fraction of sp³-hybridized carbons (Fsp3) is 0.269. The molecule has 182 valence electrons. The zero-order chi connectivity index (χ0) is 24.5. The standard InChI is InChI=1S/C26H26N8OS/c1-2-7-21-20(18-28-33(21)19-8-4-3-5-9-19)24(35)31-13-15-32(16-14-31)26-29-25-27-12-11-22(34(25)30-26)23-10-6-17-36-23/h3-6,8-12,17-18H,2,7,13-16H2,1H3. The summed E-state index contributed by atoms with van der Waals surface area (Å²) in [5.41, 5.74) is 3.59. The van der Waals surface area contributed by atoms with Crippen LogP contribution in [0.2, 0.25) is 0 Å². The van der Waals surface area contributed by atoms with Crippen molar-refractivity contribution >= 4 is 29.0 Å². The van der Waals surface area contributed by atoms with Crippen LogP contribution in [0.25, 0.3) is 22.0 Å². The van der Waals surface area contributed by atoms with Crippen molar-refractivity contribution in [2.75, 3.05) is 31.1 Å². The van der Waals surface area contributed by atoms with E-state index in [1.165, 1.54) is 0 Å². The van der Waals surface area contributed by atoms with Crippen molar-refractivity contribution in [3.8, 4) is 16.3 Å². The van der Waals surface area contributed by atoms with Gasteiger partial charge in [-0.3, -0.25) is 4.79 Å². The first kappa shape index (κ1) is 22.4. The van der Waals surface area contributed by atoms with Crippen LogP contribution in [0.5, 0.6) is 0 Å². The Labute approximate surface area is 212 Å². The van der Waals surface area contributed by atoms with Crippen LogP contribution in [0.3, 0.4) is 0 Å². The molecule has 6 rings (SSSR count). The van der Waals surface area contributed by atoms with Crippen molar-refractivity contribution in [3.05, 3.63) is 77.6 Å². The third-order valence-corrected chi connectivity index (χ3v) is 7.33. The number of fused-ring (bicyclic) bond motifs is 1. The molecule has 1 amide bonds. The second-order valence-corrected chi connectivity index (χ2v) is 9.66. The van der Waals surface area contributed by atoms with Crippen LogP contribution in [0.4, 0.5) is 5.95 Å². The number of carbonyl (C=O) groups excluding carboxylic acids is 1. The first-order valence-corrected chi connectivity index (χ1v) is 13.0. The third kappa shape index (κ3) is 4.03. The van der Waals surface area contributed by atoms with Crippen LogP contribution in [0.1, 0.15) is 29.4 Å². The molecule has 0 N–H and O–H groups in total. The van der Waals surface area contributed by atoms with E-state index in [-0.39, 0.29) is 5.91 Å². The average molecular weight is 499 g/mol. The number of aromatic nitrogens is 6. The maximum atomic E-state index is 13.5. The molecule has 1 aliphatic rings. The van der Waals surface area contributed by atoms with Crippen LogP contribution in [-0.4, -0.2) is 66.3 Å². The summed E-state index contributed by atoms with van der Waals surface area (Å²) >= 11 is 1.66. The van der Waals surface area contributed by atoms with Gasteiger partial charge in [0.1, 0.15) is 0 Å². The van der Waals surface area contributed by atoms with E-state index in [4.69, 9.17) is 5.10 Å². The molecule has 1 fully saturated rings. The number of piperazine rings is 1. The number of anilines is 1. The van der Waals surface area contributed by atoms with Crippen LogP contribution in [0.15, 0.2) is 66.3 Å². The smallest absolute Gasteiger partial charge is 0.257 e. The van der Waals surface area contributed by atoms with Crippen molar-refractivity contribution in [3.63, 3.8) is 0 Å². The summed E-state index contributed by atoms with van der Waals surface area (Å²) in [6, 6.07) is 16.0. The van der Waals surface area contributed by atoms with Crippen molar-refractivity contribution < 1.29 is 4.79 Å². The molecule has 0 unspecified atom stereocenters. The number of para-hydroxylation sites is 1. The lowest BCUT2D eigenvalue weighted by atomic mass is 10.1. The van der Waals surface area contributed by atoms with Gasteiger partial charge in [0.2, 0.25) is 5.95 Å². The second-order valence-electron chi connectivity index (χ2n) is 8.71. The van der Waals surface area contributed by atoms with Gasteiger partial charge in [0.15, 0.2) is 0 Å². The minimum absolute atomic E-state index is 0.0323. The molecule has 10 heteroatoms. The summed E-state index contributed by atoms with van der Waals surface area (Å²) in [4.78, 5) is 27.7. The van der Waals surface area contributed by atoms with E-state index in [0.29, 0.717) is 43.5 Å². The maximum absolute atomic E-state index is 13.5. The van der Waals surface area contributed by atoms with Crippen molar-refractivity contribution in [1.29, 1.82) is 0 Å². The van der Waals surface area contributed by atoms with Crippen molar-refractivity contribution in [2.24, 2.45) is 0 Å². The molecule has 5 heterocycles. The zero-order valence-electron chi connectivity index (χ0n) is 20.0. The summed E-state index contributed by atoms with van der Waals surface area (Å²) in [6.07, 6.45) is 5.21. The van der Waals surface area contributed by atoms with Crippen molar-refractivity contribution in [1.82, 2.24) is 34.3 Å². The monoisotopic (exact) mass is 498 g/mol. The summed E-state index contributed by atoms with van der Waals surface area (Å²) in [7, 11) is 0. The van der Waals surface area contributed by atoms with E-state index in [1.807, 2.05) is 57.4 Å². The molecule has 1 aliphatic heterocycles. The summed E-state index contributed by atoms with van der Waals surface area (Å²) < 4.78 is 3.69. The van der Waals surface area contributed by atoms with Gasteiger partial charge in [-0.15, -0.1) is 16.4 Å². The Morgan fingerprint density at radius 3 is 2.61 bits per heavy atom. The fourth-order valence-corrected chi connectivity index (χ4v) is 5.37. The minimum atomic E-state index is 0.0323. The molecule has 5 aromatic rings. The van der Waals surface area contributed by atoms with Crippen molar-refractivity contribution in [2.45, 2.75) is 19.8 Å². The lowest BCUT2D eigenvalue weighted by molar-refractivity contribution is 0.0745. The molecule has 1 saturated heterocycles. The number of rotatable bonds is 6. The molecular formula is C26H26N8OS. The molecule has 9 nitrogen and oxygen atoms in total. The topological polar surface area (TPSA) is 84.5 Å². The molecule has 0 spiro atoms. The molecule has 1 aromatic carbocycles. The highest BCUT2D eigenvalue weighted by molar-refractivity contribution is 7.13. The van der Waals surface area contributed by atoms with E-state index >= 15 is 0 Å². The molecule has 0 saturated carbocycles. The zero-order valence-corrected chi connectivity index (χ0v) is 20.8. The van der Waals surface area contributed by atoms with Crippen LogP contribution >= 0.6 is 11.3 Å². The number of hydrogen-bond donors (Lipinski definition) is 0. The SMILES string of the molecule is CCCc1c(C(=O)N2CCN(c3nc4nccc(-c5cccs5)n4n3)CC2)cnn1-c1ccccc1. The van der Waals surface area contributed by atoms with Gasteiger partial charge < -0.3 is 9.80 Å². The highest BCUT2D eigenvalue weighted by atomic mass is 32.1. The number of hydrogen-bond acceptors (Lipinski definition) is 7. The highest BCUT2D eigenvalue weighted by Crippen LogP contribution is 2.25. The molecule has 36 heavy (non-hydrogen) atoms. The fourth-order valence-electron chi connectivity index (χ4n) is 4.63. The van der Waals surface area contributed by atoms with Crippen LogP contribution < -0.4 is 4.90 Å². The molecule has 0 aliphatic carbocycles. The minimum Gasteiger partial charge on any atom is -0.336 e. The Hall–Kier alpha value is -4.05.